The zero-order valence-corrected chi connectivity index (χ0v) is 11.0. The van der Waals surface area contributed by atoms with Crippen molar-refractivity contribution in [1.82, 2.24) is 5.32 Å². The number of carbonyl (C=O) groups excluding carboxylic acids is 1. The fraction of sp³-hybridized carbons (Fsp3) is 0.923. The molecule has 0 spiro atoms. The number of hydrogen-bond acceptors (Lipinski definition) is 4. The molecule has 1 unspecified atom stereocenters. The fourth-order valence-corrected chi connectivity index (χ4v) is 2.78. The van der Waals surface area contributed by atoms with Gasteiger partial charge in [0.05, 0.1) is 19.8 Å². The van der Waals surface area contributed by atoms with Gasteiger partial charge in [-0.25, -0.2) is 0 Å². The van der Waals surface area contributed by atoms with Crippen LogP contribution in [0.5, 0.6) is 0 Å². The van der Waals surface area contributed by atoms with Crippen LogP contribution in [0.25, 0.3) is 0 Å². The molecule has 1 atom stereocenters. The lowest BCUT2D eigenvalue weighted by molar-refractivity contribution is -0.148. The second kappa shape index (κ2) is 6.50. The summed E-state index contributed by atoms with van der Waals surface area (Å²) in [6.07, 6.45) is 5.51. The van der Waals surface area contributed by atoms with Crippen LogP contribution in [-0.2, 0) is 14.3 Å². The Hall–Kier alpha value is -0.650. The van der Waals surface area contributed by atoms with E-state index in [9.17, 15) is 4.79 Å². The lowest BCUT2D eigenvalue weighted by Gasteiger charge is -2.36. The molecule has 0 bridgehead atoms. The summed E-state index contributed by atoms with van der Waals surface area (Å²) in [5.74, 6) is -0.0619. The molecule has 0 aromatic rings. The van der Waals surface area contributed by atoms with Gasteiger partial charge in [0.25, 0.3) is 5.91 Å². The molecule has 2 fully saturated rings. The number of amides is 1. The molecular weight excluding hydrogens is 232 g/mol. The summed E-state index contributed by atoms with van der Waals surface area (Å²) in [7, 11) is 0. The van der Waals surface area contributed by atoms with Crippen molar-refractivity contribution in [1.29, 1.82) is 0 Å². The van der Waals surface area contributed by atoms with Gasteiger partial charge in [0, 0.05) is 6.54 Å². The van der Waals surface area contributed by atoms with Crippen molar-refractivity contribution in [3.8, 4) is 0 Å². The molecule has 1 aliphatic heterocycles. The Balaban J connectivity index is 1.79. The third-order valence-corrected chi connectivity index (χ3v) is 4.09. The second-order valence-corrected chi connectivity index (χ2v) is 5.42. The average molecular weight is 256 g/mol. The molecule has 0 aromatic carbocycles. The summed E-state index contributed by atoms with van der Waals surface area (Å²) in [5, 5.41) is 2.99. The van der Waals surface area contributed by atoms with E-state index in [0.29, 0.717) is 32.9 Å². The van der Waals surface area contributed by atoms with E-state index in [0.717, 1.165) is 12.8 Å². The lowest BCUT2D eigenvalue weighted by Crippen LogP contribution is -2.49. The highest BCUT2D eigenvalue weighted by Gasteiger charge is 2.32. The highest BCUT2D eigenvalue weighted by atomic mass is 16.6. The number of rotatable bonds is 4. The Kier molecular flexibility index (Phi) is 4.97. The number of nitrogens with two attached hydrogens (primary N) is 1. The van der Waals surface area contributed by atoms with Crippen LogP contribution >= 0.6 is 0 Å². The molecule has 1 aliphatic carbocycles. The van der Waals surface area contributed by atoms with E-state index in [2.05, 4.69) is 5.32 Å². The van der Waals surface area contributed by atoms with E-state index < -0.39 is 6.10 Å². The molecule has 0 radical (unpaired) electrons. The SMILES string of the molecule is NCC1(CNC(=O)C2COCCO2)CCCCC1. The van der Waals surface area contributed by atoms with Crippen molar-refractivity contribution < 1.29 is 14.3 Å². The quantitative estimate of drug-likeness (QED) is 0.765. The van der Waals surface area contributed by atoms with E-state index in [1.807, 2.05) is 0 Å². The van der Waals surface area contributed by atoms with Crippen LogP contribution in [0.4, 0.5) is 0 Å². The van der Waals surface area contributed by atoms with Gasteiger partial charge >= 0.3 is 0 Å². The van der Waals surface area contributed by atoms with Crippen LogP contribution in [0.1, 0.15) is 32.1 Å². The Bertz CT molecular complexity index is 271. The Labute approximate surface area is 108 Å². The molecule has 18 heavy (non-hydrogen) atoms. The summed E-state index contributed by atoms with van der Waals surface area (Å²) in [6, 6.07) is 0. The van der Waals surface area contributed by atoms with Crippen LogP contribution in [0.15, 0.2) is 0 Å². The zero-order valence-electron chi connectivity index (χ0n) is 11.0. The largest absolute Gasteiger partial charge is 0.376 e. The molecule has 0 aromatic heterocycles. The van der Waals surface area contributed by atoms with E-state index in [-0.39, 0.29) is 11.3 Å². The first-order chi connectivity index (χ1) is 8.76. The van der Waals surface area contributed by atoms with Gasteiger partial charge in [0.15, 0.2) is 6.10 Å². The number of nitrogens with one attached hydrogen (secondary N) is 1. The fourth-order valence-electron chi connectivity index (χ4n) is 2.78. The zero-order chi connectivity index (χ0) is 12.8. The van der Waals surface area contributed by atoms with E-state index >= 15 is 0 Å². The number of ether oxygens (including phenoxy) is 2. The Morgan fingerprint density at radius 1 is 1.28 bits per heavy atom. The molecule has 1 amide bonds. The molecule has 2 rings (SSSR count). The molecule has 104 valence electrons. The molecule has 1 saturated heterocycles. The number of hydrogen-bond donors (Lipinski definition) is 2. The van der Waals surface area contributed by atoms with Crippen LogP contribution in [0, 0.1) is 5.41 Å². The van der Waals surface area contributed by atoms with Crippen molar-refractivity contribution in [3.05, 3.63) is 0 Å². The first-order valence-corrected chi connectivity index (χ1v) is 6.93. The minimum atomic E-state index is -0.447. The molecule has 5 heteroatoms. The van der Waals surface area contributed by atoms with Crippen molar-refractivity contribution in [3.63, 3.8) is 0 Å². The van der Waals surface area contributed by atoms with Crippen LogP contribution < -0.4 is 11.1 Å². The molecule has 1 saturated carbocycles. The van der Waals surface area contributed by atoms with Crippen LogP contribution in [0.3, 0.4) is 0 Å². The maximum atomic E-state index is 11.9. The maximum absolute atomic E-state index is 11.9. The highest BCUT2D eigenvalue weighted by Crippen LogP contribution is 2.34. The third-order valence-electron chi connectivity index (χ3n) is 4.09. The third kappa shape index (κ3) is 3.43. The smallest absolute Gasteiger partial charge is 0.251 e. The lowest BCUT2D eigenvalue weighted by atomic mass is 9.74. The Morgan fingerprint density at radius 2 is 2.06 bits per heavy atom. The first-order valence-electron chi connectivity index (χ1n) is 6.93. The minimum absolute atomic E-state index is 0.0619. The summed E-state index contributed by atoms with van der Waals surface area (Å²) < 4.78 is 10.6. The maximum Gasteiger partial charge on any atom is 0.251 e. The first kappa shape index (κ1) is 13.8. The van der Waals surface area contributed by atoms with Gasteiger partial charge in [-0.1, -0.05) is 19.3 Å². The van der Waals surface area contributed by atoms with Crippen molar-refractivity contribution >= 4 is 5.91 Å². The normalized spacial score (nSPS) is 27.7. The highest BCUT2D eigenvalue weighted by molar-refractivity contribution is 5.81. The van der Waals surface area contributed by atoms with Gasteiger partial charge in [-0.3, -0.25) is 4.79 Å². The summed E-state index contributed by atoms with van der Waals surface area (Å²) in [4.78, 5) is 11.9. The van der Waals surface area contributed by atoms with Gasteiger partial charge < -0.3 is 20.5 Å². The van der Waals surface area contributed by atoms with E-state index in [1.165, 1.54) is 19.3 Å². The monoisotopic (exact) mass is 256 g/mol. The number of carbonyl (C=O) groups is 1. The predicted octanol–water partition coefficient (Wildman–Crippen LogP) is 0.427. The molecular formula is C13H24N2O3. The molecule has 5 nitrogen and oxygen atoms in total. The average Bonchev–Trinajstić information content (AvgIpc) is 2.47. The van der Waals surface area contributed by atoms with Crippen LogP contribution in [0.2, 0.25) is 0 Å². The van der Waals surface area contributed by atoms with Crippen molar-refractivity contribution in [2.45, 2.75) is 38.2 Å². The molecule has 1 heterocycles. The summed E-state index contributed by atoms with van der Waals surface area (Å²) in [6.45, 7) is 2.76. The Morgan fingerprint density at radius 3 is 2.67 bits per heavy atom. The van der Waals surface area contributed by atoms with Gasteiger partial charge in [-0.15, -0.1) is 0 Å². The topological polar surface area (TPSA) is 73.6 Å². The summed E-state index contributed by atoms with van der Waals surface area (Å²) >= 11 is 0. The van der Waals surface area contributed by atoms with Gasteiger partial charge in [0.2, 0.25) is 0 Å². The van der Waals surface area contributed by atoms with Gasteiger partial charge in [0.1, 0.15) is 0 Å². The molecule has 2 aliphatic rings. The van der Waals surface area contributed by atoms with E-state index in [4.69, 9.17) is 15.2 Å². The van der Waals surface area contributed by atoms with Crippen LogP contribution in [-0.4, -0.2) is 44.9 Å². The second-order valence-electron chi connectivity index (χ2n) is 5.42. The predicted molar refractivity (Wildman–Crippen MR) is 68.1 cm³/mol. The van der Waals surface area contributed by atoms with E-state index in [1.54, 1.807) is 0 Å². The van der Waals surface area contributed by atoms with Crippen molar-refractivity contribution in [2.24, 2.45) is 11.1 Å². The summed E-state index contributed by atoms with van der Waals surface area (Å²) in [5.41, 5.74) is 6.00. The van der Waals surface area contributed by atoms with Gasteiger partial charge in [-0.2, -0.15) is 0 Å². The van der Waals surface area contributed by atoms with Crippen molar-refractivity contribution in [2.75, 3.05) is 32.9 Å². The standard InChI is InChI=1S/C13H24N2O3/c14-9-13(4-2-1-3-5-13)10-15-12(16)11-8-17-6-7-18-11/h11H,1-10,14H2,(H,15,16). The molecule has 3 N–H and O–H groups in total. The minimum Gasteiger partial charge on any atom is -0.376 e. The van der Waals surface area contributed by atoms with Gasteiger partial charge in [-0.05, 0) is 24.8 Å².